The van der Waals surface area contributed by atoms with Gasteiger partial charge in [0.25, 0.3) is 0 Å². The van der Waals surface area contributed by atoms with Crippen LogP contribution in [0.3, 0.4) is 0 Å². The lowest BCUT2D eigenvalue weighted by molar-refractivity contribution is -0.134. The molecule has 1 aromatic carbocycles. The molecule has 1 aliphatic heterocycles. The molecule has 5 atom stereocenters. The molecule has 3 amide bonds. The molecule has 1 saturated carbocycles. The maximum Gasteiger partial charge on any atom is 0.243 e. The fourth-order valence-corrected chi connectivity index (χ4v) is 6.70. The molecule has 1 saturated heterocycles. The van der Waals surface area contributed by atoms with Crippen LogP contribution in [-0.2, 0) is 20.8 Å². The standard InChI is InChI=1S/C32H52N6O3/c1-4-5-13-27-25(12-9-18-38(27)3)20-26(30(35)39)36-32(41)28(23-10-7-6-8-11-23)37-31(40)21(2)19-22-14-16-24(17-15-22)29(33)34/h14-17,21,23,25-28H,4-13,18-20H2,1-3H3,(H3,33,34)(H2,35,39)(H,36,41)(H,37,40)/t21-,25?,26-,27?,28-/m0/s1. The number of likely N-dealkylation sites (tertiary alicyclic amines) is 1. The van der Waals surface area contributed by atoms with Gasteiger partial charge in [0.05, 0.1) is 0 Å². The zero-order chi connectivity index (χ0) is 29.9. The van der Waals surface area contributed by atoms with Crippen LogP contribution >= 0.6 is 0 Å². The number of carbonyl (C=O) groups excluding carboxylic acids is 3. The lowest BCUT2D eigenvalue weighted by Gasteiger charge is -2.41. The molecule has 9 nitrogen and oxygen atoms in total. The normalized spacial score (nSPS) is 22.3. The van der Waals surface area contributed by atoms with E-state index < -0.39 is 18.0 Å². The summed E-state index contributed by atoms with van der Waals surface area (Å²) in [5, 5.41) is 13.6. The van der Waals surface area contributed by atoms with E-state index in [9.17, 15) is 14.4 Å². The fraction of sp³-hybridized carbons (Fsp3) is 0.688. The molecule has 0 spiro atoms. The summed E-state index contributed by atoms with van der Waals surface area (Å²) >= 11 is 0. The van der Waals surface area contributed by atoms with Gasteiger partial charge in [-0.05, 0) is 75.9 Å². The van der Waals surface area contributed by atoms with E-state index in [1.54, 1.807) is 12.1 Å². The largest absolute Gasteiger partial charge is 0.384 e. The number of nitrogens with two attached hydrogens (primary N) is 2. The molecule has 0 radical (unpaired) electrons. The summed E-state index contributed by atoms with van der Waals surface area (Å²) in [5.74, 6) is -1.04. The van der Waals surface area contributed by atoms with E-state index >= 15 is 0 Å². The van der Waals surface area contributed by atoms with Crippen molar-refractivity contribution in [2.75, 3.05) is 13.6 Å². The van der Waals surface area contributed by atoms with Crippen LogP contribution < -0.4 is 22.1 Å². The topological polar surface area (TPSA) is 154 Å². The highest BCUT2D eigenvalue weighted by atomic mass is 16.2. The average Bonchev–Trinajstić information content (AvgIpc) is 2.95. The van der Waals surface area contributed by atoms with Crippen molar-refractivity contribution in [3.8, 4) is 0 Å². The van der Waals surface area contributed by atoms with E-state index in [4.69, 9.17) is 16.9 Å². The minimum atomic E-state index is -0.761. The number of carbonyl (C=O) groups is 3. The van der Waals surface area contributed by atoms with Crippen LogP contribution in [-0.4, -0.2) is 60.2 Å². The van der Waals surface area contributed by atoms with Crippen LogP contribution in [0.1, 0.15) is 95.6 Å². The van der Waals surface area contributed by atoms with Crippen LogP contribution in [0.2, 0.25) is 0 Å². The van der Waals surface area contributed by atoms with Crippen molar-refractivity contribution < 1.29 is 14.4 Å². The van der Waals surface area contributed by atoms with Gasteiger partial charge in [-0.3, -0.25) is 19.8 Å². The van der Waals surface area contributed by atoms with Crippen molar-refractivity contribution in [3.63, 3.8) is 0 Å². The van der Waals surface area contributed by atoms with E-state index in [2.05, 4.69) is 29.5 Å². The monoisotopic (exact) mass is 568 g/mol. The molecule has 9 heteroatoms. The lowest BCUT2D eigenvalue weighted by atomic mass is 9.81. The fourth-order valence-electron chi connectivity index (χ4n) is 6.70. The smallest absolute Gasteiger partial charge is 0.243 e. The van der Waals surface area contributed by atoms with Gasteiger partial charge in [0.1, 0.15) is 17.9 Å². The second-order valence-electron chi connectivity index (χ2n) is 12.4. The van der Waals surface area contributed by atoms with E-state index in [1.807, 2.05) is 19.1 Å². The van der Waals surface area contributed by atoms with Gasteiger partial charge in [-0.25, -0.2) is 0 Å². The number of unbranched alkanes of at least 4 members (excludes halogenated alkanes) is 1. The SMILES string of the molecule is CCCCC1C(C[C@H](NC(=O)[C@@H](NC(=O)[C@@H](C)Cc2ccc(C(=N)N)cc2)C2CCCCC2)C(N)=O)CCCN1C. The van der Waals surface area contributed by atoms with Crippen LogP contribution in [0, 0.1) is 23.2 Å². The van der Waals surface area contributed by atoms with Crippen molar-refractivity contribution in [3.05, 3.63) is 35.4 Å². The summed E-state index contributed by atoms with van der Waals surface area (Å²) in [5.41, 5.74) is 13.0. The Kier molecular flexibility index (Phi) is 12.6. The summed E-state index contributed by atoms with van der Waals surface area (Å²) in [6.45, 7) is 5.09. The molecular formula is C32H52N6O3. The Morgan fingerprint density at radius 3 is 2.29 bits per heavy atom. The number of hydrogen-bond acceptors (Lipinski definition) is 5. The van der Waals surface area contributed by atoms with Gasteiger partial charge in [-0.2, -0.15) is 0 Å². The number of hydrogen-bond donors (Lipinski definition) is 5. The molecule has 7 N–H and O–H groups in total. The zero-order valence-corrected chi connectivity index (χ0v) is 25.3. The molecule has 41 heavy (non-hydrogen) atoms. The van der Waals surface area contributed by atoms with Gasteiger partial charge in [0.15, 0.2) is 0 Å². The minimum Gasteiger partial charge on any atom is -0.384 e. The number of nitrogens with zero attached hydrogens (tertiary/aromatic N) is 1. The third kappa shape index (κ3) is 9.55. The van der Waals surface area contributed by atoms with Gasteiger partial charge in [-0.1, -0.05) is 70.2 Å². The first-order valence-electron chi connectivity index (χ1n) is 15.6. The zero-order valence-electron chi connectivity index (χ0n) is 25.3. The van der Waals surface area contributed by atoms with Gasteiger partial charge in [0.2, 0.25) is 17.7 Å². The average molecular weight is 569 g/mol. The molecule has 3 rings (SSSR count). The maximum absolute atomic E-state index is 13.8. The molecular weight excluding hydrogens is 516 g/mol. The van der Waals surface area contributed by atoms with Gasteiger partial charge >= 0.3 is 0 Å². The number of rotatable bonds is 14. The Bertz CT molecular complexity index is 1020. The first-order chi connectivity index (χ1) is 19.6. The van der Waals surface area contributed by atoms with Gasteiger partial charge in [-0.15, -0.1) is 0 Å². The highest BCUT2D eigenvalue weighted by Crippen LogP contribution is 2.31. The molecule has 0 bridgehead atoms. The van der Waals surface area contributed by atoms with Crippen LogP contribution in [0.5, 0.6) is 0 Å². The Morgan fingerprint density at radius 1 is 1.00 bits per heavy atom. The van der Waals surface area contributed by atoms with Crippen LogP contribution in [0.25, 0.3) is 0 Å². The molecule has 1 heterocycles. The first kappa shape index (κ1) is 32.6. The van der Waals surface area contributed by atoms with Crippen molar-refractivity contribution >= 4 is 23.6 Å². The third-order valence-corrected chi connectivity index (χ3v) is 9.20. The Labute approximate surface area is 246 Å². The van der Waals surface area contributed by atoms with Crippen molar-refractivity contribution in [1.82, 2.24) is 15.5 Å². The summed E-state index contributed by atoms with van der Waals surface area (Å²) in [4.78, 5) is 42.1. The summed E-state index contributed by atoms with van der Waals surface area (Å²) < 4.78 is 0. The van der Waals surface area contributed by atoms with E-state index in [0.29, 0.717) is 24.4 Å². The molecule has 2 unspecified atom stereocenters. The minimum absolute atomic E-state index is 0.00456. The predicted octanol–water partition coefficient (Wildman–Crippen LogP) is 3.48. The summed E-state index contributed by atoms with van der Waals surface area (Å²) in [6.07, 6.45) is 11.4. The maximum atomic E-state index is 13.8. The van der Waals surface area contributed by atoms with E-state index in [0.717, 1.165) is 76.3 Å². The molecule has 2 fully saturated rings. The molecule has 1 aromatic rings. The molecule has 228 valence electrons. The lowest BCUT2D eigenvalue weighted by Crippen LogP contribution is -2.57. The Hall–Kier alpha value is -2.94. The summed E-state index contributed by atoms with van der Waals surface area (Å²) in [7, 11) is 2.15. The van der Waals surface area contributed by atoms with Gasteiger partial charge in [0, 0.05) is 17.5 Å². The van der Waals surface area contributed by atoms with Crippen molar-refractivity contribution in [2.45, 2.75) is 109 Å². The van der Waals surface area contributed by atoms with Crippen molar-refractivity contribution in [2.24, 2.45) is 29.2 Å². The number of nitrogen functional groups attached to an aromatic ring is 1. The second kappa shape index (κ2) is 15.9. The van der Waals surface area contributed by atoms with E-state index in [1.165, 1.54) is 0 Å². The van der Waals surface area contributed by atoms with Crippen molar-refractivity contribution in [1.29, 1.82) is 5.41 Å². The number of nitrogens with one attached hydrogen (secondary N) is 3. The van der Waals surface area contributed by atoms with Crippen LogP contribution in [0.4, 0.5) is 0 Å². The number of amides is 3. The van der Waals surface area contributed by atoms with Crippen LogP contribution in [0.15, 0.2) is 24.3 Å². The molecule has 1 aliphatic carbocycles. The number of piperidine rings is 1. The Morgan fingerprint density at radius 2 is 1.68 bits per heavy atom. The molecule has 2 aliphatic rings. The number of benzene rings is 1. The van der Waals surface area contributed by atoms with E-state index in [-0.39, 0.29) is 35.4 Å². The highest BCUT2D eigenvalue weighted by Gasteiger charge is 2.36. The second-order valence-corrected chi connectivity index (χ2v) is 12.4. The third-order valence-electron chi connectivity index (χ3n) is 9.20. The quantitative estimate of drug-likeness (QED) is 0.172. The Balaban J connectivity index is 1.69. The summed E-state index contributed by atoms with van der Waals surface area (Å²) in [6, 6.07) is 6.23. The number of amidine groups is 1. The molecule has 0 aromatic heterocycles. The highest BCUT2D eigenvalue weighted by molar-refractivity contribution is 5.95. The first-order valence-corrected chi connectivity index (χ1v) is 15.6. The predicted molar refractivity (Wildman–Crippen MR) is 163 cm³/mol. The number of primary amides is 1. The van der Waals surface area contributed by atoms with Gasteiger partial charge < -0.3 is 27.0 Å².